The lowest BCUT2D eigenvalue weighted by Gasteiger charge is -1.94. The Bertz CT molecular complexity index is 537. The smallest absolute Gasteiger partial charge is 0.418 e. The van der Waals surface area contributed by atoms with Gasteiger partial charge in [-0.2, -0.15) is 0 Å². The van der Waals surface area contributed by atoms with Crippen LogP contribution in [0.25, 0.3) is 4.98 Å². The minimum atomic E-state index is -6.00. The molecule has 0 saturated carbocycles. The second-order valence-corrected chi connectivity index (χ2v) is 2.78. The predicted octanol–water partition coefficient (Wildman–Crippen LogP) is 3.29. The average molecular weight is 282 g/mol. The van der Waals surface area contributed by atoms with Gasteiger partial charge in [0.25, 0.3) is 0 Å². The van der Waals surface area contributed by atoms with E-state index in [2.05, 4.69) is 4.98 Å². The summed E-state index contributed by atoms with van der Waals surface area (Å²) >= 11 is 0. The maximum Gasteiger partial charge on any atom is 0.673 e. The van der Waals surface area contributed by atoms with Crippen molar-refractivity contribution in [1.82, 2.24) is 0 Å². The highest BCUT2D eigenvalue weighted by Gasteiger charge is 2.27. The normalized spacial score (nSPS) is 9.84. The molecule has 0 radical (unpaired) electrons. The molecule has 13 heteroatoms. The van der Waals surface area contributed by atoms with Gasteiger partial charge >= 0.3 is 24.3 Å². The molecule has 8 nitrogen and oxygen atoms in total. The third kappa shape index (κ3) is 6.51. The minimum absolute atomic E-state index is 0.109. The Labute approximate surface area is 101 Å². The molecule has 0 aliphatic heterocycles. The number of hydrogen-bond acceptors (Lipinski definition) is 5. The maximum absolute atomic E-state index is 10.4. The number of nitro groups is 2. The van der Waals surface area contributed by atoms with Gasteiger partial charge in [0.15, 0.2) is 4.98 Å². The molecule has 19 heavy (non-hydrogen) atoms. The molecule has 102 valence electrons. The molecule has 0 atom stereocenters. The minimum Gasteiger partial charge on any atom is -0.418 e. The quantitative estimate of drug-likeness (QED) is 0.271. The van der Waals surface area contributed by atoms with E-state index in [1.54, 1.807) is 0 Å². The molecule has 1 aromatic carbocycles. The highest BCUT2D eigenvalue weighted by atomic mass is 19.5. The van der Waals surface area contributed by atoms with Gasteiger partial charge in [0, 0.05) is 12.1 Å². The van der Waals surface area contributed by atoms with E-state index in [0.717, 1.165) is 18.2 Å². The van der Waals surface area contributed by atoms with Crippen molar-refractivity contribution in [3.05, 3.63) is 43.4 Å². The van der Waals surface area contributed by atoms with Crippen molar-refractivity contribution in [2.45, 2.75) is 0 Å². The molecule has 1 rings (SSSR count). The SMILES string of the molecule is F[B-](F)(F)F.N#[N+]c1ccc([N+](=O)[O-])c([N+](=O)[O-])c1. The van der Waals surface area contributed by atoms with E-state index in [1.807, 2.05) is 0 Å². The van der Waals surface area contributed by atoms with Crippen LogP contribution in [0.1, 0.15) is 0 Å². The van der Waals surface area contributed by atoms with Crippen LogP contribution in [0, 0.1) is 25.6 Å². The first-order chi connectivity index (χ1) is 8.56. The van der Waals surface area contributed by atoms with Gasteiger partial charge in [-0.25, -0.2) is 0 Å². The van der Waals surface area contributed by atoms with E-state index >= 15 is 0 Å². The van der Waals surface area contributed by atoms with Gasteiger partial charge in [0.05, 0.1) is 9.85 Å². The molecule has 0 spiro atoms. The largest absolute Gasteiger partial charge is 0.673 e. The van der Waals surface area contributed by atoms with Crippen LogP contribution < -0.4 is 0 Å². The van der Waals surface area contributed by atoms with Gasteiger partial charge in [-0.3, -0.25) is 20.2 Å². The topological polar surface area (TPSA) is 114 Å². The van der Waals surface area contributed by atoms with Crippen LogP contribution in [0.2, 0.25) is 0 Å². The Morgan fingerprint density at radius 1 is 1.05 bits per heavy atom. The van der Waals surface area contributed by atoms with Crippen molar-refractivity contribution < 1.29 is 27.1 Å². The lowest BCUT2D eigenvalue weighted by Crippen LogP contribution is -2.02. The molecular formula is C6H3BF4N4O4. The number of benzene rings is 1. The van der Waals surface area contributed by atoms with Crippen molar-refractivity contribution in [3.63, 3.8) is 0 Å². The zero-order chi connectivity index (χ0) is 15.2. The van der Waals surface area contributed by atoms with Crippen molar-refractivity contribution in [2.24, 2.45) is 0 Å². The second-order valence-electron chi connectivity index (χ2n) is 2.78. The van der Waals surface area contributed by atoms with Gasteiger partial charge in [-0.05, 0) is 0 Å². The summed E-state index contributed by atoms with van der Waals surface area (Å²) in [5.74, 6) is 0. The maximum atomic E-state index is 10.4. The van der Waals surface area contributed by atoms with Crippen molar-refractivity contribution >= 4 is 24.3 Å². The van der Waals surface area contributed by atoms with Crippen molar-refractivity contribution in [3.8, 4) is 0 Å². The van der Waals surface area contributed by atoms with E-state index < -0.39 is 28.5 Å². The molecule has 0 saturated heterocycles. The van der Waals surface area contributed by atoms with Crippen LogP contribution in [-0.2, 0) is 0 Å². The van der Waals surface area contributed by atoms with E-state index in [0.29, 0.717) is 0 Å². The molecule has 0 fully saturated rings. The second kappa shape index (κ2) is 6.24. The van der Waals surface area contributed by atoms with Crippen LogP contribution in [0.4, 0.5) is 34.3 Å². The fourth-order valence-electron chi connectivity index (χ4n) is 0.875. The molecule has 0 aromatic heterocycles. The summed E-state index contributed by atoms with van der Waals surface area (Å²) in [7, 11) is -6.00. The van der Waals surface area contributed by atoms with Gasteiger partial charge in [0.1, 0.15) is 6.07 Å². The van der Waals surface area contributed by atoms with Crippen molar-refractivity contribution in [1.29, 1.82) is 5.39 Å². The first kappa shape index (κ1) is 16.2. The Kier molecular flexibility index (Phi) is 5.33. The molecule has 0 unspecified atom stereocenters. The Morgan fingerprint density at radius 2 is 1.47 bits per heavy atom. The zero-order valence-corrected chi connectivity index (χ0v) is 8.74. The molecule has 0 bridgehead atoms. The molecule has 1 aromatic rings. The number of hydrogen-bond donors (Lipinski definition) is 0. The molecule has 0 aliphatic rings. The molecule has 0 aliphatic carbocycles. The summed E-state index contributed by atoms with van der Waals surface area (Å²) in [6.07, 6.45) is 0. The third-order valence-electron chi connectivity index (χ3n) is 1.47. The van der Waals surface area contributed by atoms with Crippen LogP contribution in [-0.4, -0.2) is 17.1 Å². The summed E-state index contributed by atoms with van der Waals surface area (Å²) in [5.41, 5.74) is -1.45. The molecule has 0 amide bonds. The van der Waals surface area contributed by atoms with Crippen LogP contribution >= 0.6 is 0 Å². The van der Waals surface area contributed by atoms with Gasteiger partial charge < -0.3 is 17.3 Å². The summed E-state index contributed by atoms with van der Waals surface area (Å²) in [4.78, 5) is 21.6. The summed E-state index contributed by atoms with van der Waals surface area (Å²) < 4.78 is 39.0. The highest BCUT2D eigenvalue weighted by Crippen LogP contribution is 2.30. The van der Waals surface area contributed by atoms with E-state index in [4.69, 9.17) is 5.39 Å². The van der Waals surface area contributed by atoms with Crippen LogP contribution in [0.3, 0.4) is 0 Å². The first-order valence-corrected chi connectivity index (χ1v) is 4.21. The molecule has 0 N–H and O–H groups in total. The summed E-state index contributed by atoms with van der Waals surface area (Å²) in [5, 5.41) is 29.0. The van der Waals surface area contributed by atoms with Gasteiger partial charge in [-0.15, -0.1) is 0 Å². The fraction of sp³-hybridized carbons (Fsp3) is 0. The first-order valence-electron chi connectivity index (χ1n) is 4.21. The molecule has 0 heterocycles. The monoisotopic (exact) mass is 282 g/mol. The third-order valence-corrected chi connectivity index (χ3v) is 1.47. The van der Waals surface area contributed by atoms with E-state index in [-0.39, 0.29) is 5.69 Å². The van der Waals surface area contributed by atoms with E-state index in [9.17, 15) is 37.5 Å². The lowest BCUT2D eigenvalue weighted by molar-refractivity contribution is -0.422. The standard InChI is InChI=1S/C6H3N4O4.BF4/c7-8-4-1-2-5(9(11)12)6(3-4)10(13)14;2-1(3,4)5/h1-3H;/q+1;-1. The van der Waals surface area contributed by atoms with Gasteiger partial charge in [0.2, 0.25) is 5.39 Å². The average Bonchev–Trinajstić information content (AvgIpc) is 2.25. The Morgan fingerprint density at radius 3 is 1.79 bits per heavy atom. The van der Waals surface area contributed by atoms with Crippen molar-refractivity contribution in [2.75, 3.05) is 0 Å². The Balaban J connectivity index is 0.000000555. The van der Waals surface area contributed by atoms with Crippen LogP contribution in [0.5, 0.6) is 0 Å². The number of nitro benzene ring substituents is 2. The number of nitrogens with zero attached hydrogens (tertiary/aromatic N) is 4. The van der Waals surface area contributed by atoms with Gasteiger partial charge in [-0.1, -0.05) is 0 Å². The summed E-state index contributed by atoms with van der Waals surface area (Å²) in [6, 6.07) is 2.83. The molecular weight excluding hydrogens is 279 g/mol. The van der Waals surface area contributed by atoms with E-state index in [1.165, 1.54) is 0 Å². The summed E-state index contributed by atoms with van der Waals surface area (Å²) in [6.45, 7) is 0. The predicted molar refractivity (Wildman–Crippen MR) is 54.7 cm³/mol. The van der Waals surface area contributed by atoms with Crippen LogP contribution in [0.15, 0.2) is 18.2 Å². The fourth-order valence-corrected chi connectivity index (χ4v) is 0.875. The number of rotatable bonds is 2. The number of halogens is 4. The highest BCUT2D eigenvalue weighted by molar-refractivity contribution is 6.50. The lowest BCUT2D eigenvalue weighted by atomic mass is 10.2. The Hall–Kier alpha value is -2.78. The number of diazo groups is 1. The zero-order valence-electron chi connectivity index (χ0n) is 8.74.